The van der Waals surface area contributed by atoms with E-state index in [1.54, 1.807) is 12.4 Å². The summed E-state index contributed by atoms with van der Waals surface area (Å²) in [6.45, 7) is 0.884. The first-order valence-corrected chi connectivity index (χ1v) is 3.61. The molecule has 0 saturated heterocycles. The van der Waals surface area contributed by atoms with Gasteiger partial charge in [-0.05, 0) is 23.6 Å². The van der Waals surface area contributed by atoms with Gasteiger partial charge in [-0.15, -0.1) is 10.2 Å². The minimum Gasteiger partial charge on any atom is -0.468 e. The standard InChI is InChI=1S/C7H9N3O2/c11-6-12-3-1-2-7-4-8-10-9-5-7/h4-6H,1-3H2. The lowest BCUT2D eigenvalue weighted by Crippen LogP contribution is -1.96. The van der Waals surface area contributed by atoms with Gasteiger partial charge in [-0.25, -0.2) is 0 Å². The molecule has 0 amide bonds. The topological polar surface area (TPSA) is 65.0 Å². The van der Waals surface area contributed by atoms with Crippen LogP contribution in [0.15, 0.2) is 12.4 Å². The second-order valence-electron chi connectivity index (χ2n) is 2.22. The van der Waals surface area contributed by atoms with Crippen molar-refractivity contribution in [2.24, 2.45) is 0 Å². The number of carbonyl (C=O) groups excluding carboxylic acids is 1. The van der Waals surface area contributed by atoms with Gasteiger partial charge in [0.2, 0.25) is 0 Å². The Morgan fingerprint density at radius 1 is 1.42 bits per heavy atom. The first-order valence-electron chi connectivity index (χ1n) is 3.61. The van der Waals surface area contributed by atoms with E-state index in [-0.39, 0.29) is 0 Å². The lowest BCUT2D eigenvalue weighted by Gasteiger charge is -1.97. The highest BCUT2D eigenvalue weighted by Crippen LogP contribution is 1.96. The second-order valence-corrected chi connectivity index (χ2v) is 2.22. The monoisotopic (exact) mass is 167 g/mol. The minimum absolute atomic E-state index is 0.436. The Labute approximate surface area is 69.8 Å². The van der Waals surface area contributed by atoms with Crippen LogP contribution >= 0.6 is 0 Å². The summed E-state index contributed by atoms with van der Waals surface area (Å²) in [5.41, 5.74) is 1.000. The molecule has 1 heterocycles. The van der Waals surface area contributed by atoms with Crippen molar-refractivity contribution in [3.8, 4) is 0 Å². The van der Waals surface area contributed by atoms with E-state index in [1.165, 1.54) is 0 Å². The van der Waals surface area contributed by atoms with Gasteiger partial charge in [-0.2, -0.15) is 0 Å². The quantitative estimate of drug-likeness (QED) is 0.455. The van der Waals surface area contributed by atoms with Crippen LogP contribution < -0.4 is 0 Å². The van der Waals surface area contributed by atoms with Gasteiger partial charge in [-0.3, -0.25) is 4.79 Å². The van der Waals surface area contributed by atoms with E-state index in [1.807, 2.05) is 0 Å². The van der Waals surface area contributed by atoms with Gasteiger partial charge in [0.05, 0.1) is 19.0 Å². The Morgan fingerprint density at radius 2 is 2.17 bits per heavy atom. The molecule has 0 unspecified atom stereocenters. The maximum absolute atomic E-state index is 9.76. The Kier molecular flexibility index (Phi) is 3.70. The van der Waals surface area contributed by atoms with Crippen LogP contribution in [0.3, 0.4) is 0 Å². The molecule has 5 nitrogen and oxygen atoms in total. The molecule has 0 aliphatic carbocycles. The molecule has 1 aromatic rings. The van der Waals surface area contributed by atoms with Gasteiger partial charge in [0.25, 0.3) is 6.47 Å². The number of aromatic nitrogens is 3. The molecule has 0 spiro atoms. The number of nitrogens with zero attached hydrogens (tertiary/aromatic N) is 3. The molecule has 0 N–H and O–H groups in total. The third-order valence-corrected chi connectivity index (χ3v) is 1.35. The SMILES string of the molecule is O=COCCCc1cnnnc1. The molecule has 1 aromatic heterocycles. The van der Waals surface area contributed by atoms with Crippen LogP contribution in [0, 0.1) is 0 Å². The third kappa shape index (κ3) is 3.05. The fourth-order valence-electron chi connectivity index (χ4n) is 0.800. The van der Waals surface area contributed by atoms with Crippen LogP contribution in [0.25, 0.3) is 0 Å². The van der Waals surface area contributed by atoms with Crippen molar-refractivity contribution in [3.63, 3.8) is 0 Å². The summed E-state index contributed by atoms with van der Waals surface area (Å²) in [7, 11) is 0. The number of hydrogen-bond donors (Lipinski definition) is 0. The van der Waals surface area contributed by atoms with E-state index in [4.69, 9.17) is 0 Å². The summed E-state index contributed by atoms with van der Waals surface area (Å²) in [6, 6.07) is 0. The van der Waals surface area contributed by atoms with Crippen LogP contribution in [0.4, 0.5) is 0 Å². The highest BCUT2D eigenvalue weighted by Gasteiger charge is 1.92. The summed E-state index contributed by atoms with van der Waals surface area (Å²) >= 11 is 0. The second kappa shape index (κ2) is 5.17. The molecule has 64 valence electrons. The lowest BCUT2D eigenvalue weighted by molar-refractivity contribution is -0.128. The zero-order valence-corrected chi connectivity index (χ0v) is 6.51. The number of aryl methyl sites for hydroxylation is 1. The molecular formula is C7H9N3O2. The molecule has 0 radical (unpaired) electrons. The van der Waals surface area contributed by atoms with Crippen molar-refractivity contribution in [1.82, 2.24) is 15.4 Å². The van der Waals surface area contributed by atoms with Gasteiger partial charge < -0.3 is 4.74 Å². The molecule has 0 atom stereocenters. The van der Waals surface area contributed by atoms with Crippen molar-refractivity contribution in [1.29, 1.82) is 0 Å². The minimum atomic E-state index is 0.436. The van der Waals surface area contributed by atoms with E-state index < -0.39 is 0 Å². The van der Waals surface area contributed by atoms with Crippen molar-refractivity contribution < 1.29 is 9.53 Å². The Morgan fingerprint density at radius 3 is 2.83 bits per heavy atom. The first kappa shape index (κ1) is 8.58. The number of ether oxygens (including phenoxy) is 1. The number of rotatable bonds is 5. The van der Waals surface area contributed by atoms with E-state index in [2.05, 4.69) is 20.1 Å². The fourth-order valence-corrected chi connectivity index (χ4v) is 0.800. The molecule has 0 bridgehead atoms. The Balaban J connectivity index is 2.20. The molecule has 0 fully saturated rings. The zero-order valence-electron chi connectivity index (χ0n) is 6.51. The van der Waals surface area contributed by atoms with Crippen molar-refractivity contribution in [3.05, 3.63) is 18.0 Å². The molecular weight excluding hydrogens is 158 g/mol. The van der Waals surface area contributed by atoms with E-state index >= 15 is 0 Å². The molecule has 1 rings (SSSR count). The number of hydrogen-bond acceptors (Lipinski definition) is 5. The van der Waals surface area contributed by atoms with Crippen molar-refractivity contribution in [2.75, 3.05) is 6.61 Å². The van der Waals surface area contributed by atoms with Gasteiger partial charge in [0.15, 0.2) is 0 Å². The van der Waals surface area contributed by atoms with Crippen LogP contribution in [0.1, 0.15) is 12.0 Å². The summed E-state index contributed by atoms with van der Waals surface area (Å²) in [6.07, 6.45) is 4.88. The summed E-state index contributed by atoms with van der Waals surface area (Å²) in [4.78, 5) is 9.76. The average molecular weight is 167 g/mol. The third-order valence-electron chi connectivity index (χ3n) is 1.35. The van der Waals surface area contributed by atoms with Gasteiger partial charge in [0, 0.05) is 0 Å². The largest absolute Gasteiger partial charge is 0.468 e. The zero-order chi connectivity index (χ0) is 8.65. The smallest absolute Gasteiger partial charge is 0.293 e. The first-order chi connectivity index (χ1) is 5.93. The predicted octanol–water partition coefficient (Wildman–Crippen LogP) is -0.0228. The molecule has 5 heteroatoms. The Bertz CT molecular complexity index is 227. The molecule has 0 aromatic carbocycles. The van der Waals surface area contributed by atoms with Gasteiger partial charge >= 0.3 is 0 Å². The molecule has 0 aliphatic rings. The van der Waals surface area contributed by atoms with E-state index in [0.29, 0.717) is 13.1 Å². The summed E-state index contributed by atoms with van der Waals surface area (Å²) in [5.74, 6) is 0. The average Bonchev–Trinajstić information content (AvgIpc) is 2.14. The van der Waals surface area contributed by atoms with Crippen molar-refractivity contribution >= 4 is 6.47 Å². The van der Waals surface area contributed by atoms with Crippen LogP contribution in [-0.2, 0) is 16.0 Å². The van der Waals surface area contributed by atoms with Crippen LogP contribution in [0.5, 0.6) is 0 Å². The summed E-state index contributed by atoms with van der Waals surface area (Å²) in [5, 5.41) is 10.6. The number of carbonyl (C=O) groups is 1. The van der Waals surface area contributed by atoms with E-state index in [0.717, 1.165) is 18.4 Å². The molecule has 12 heavy (non-hydrogen) atoms. The summed E-state index contributed by atoms with van der Waals surface area (Å²) < 4.78 is 4.52. The predicted molar refractivity (Wildman–Crippen MR) is 40.2 cm³/mol. The van der Waals surface area contributed by atoms with Gasteiger partial charge in [-0.1, -0.05) is 0 Å². The highest BCUT2D eigenvalue weighted by molar-refractivity contribution is 5.36. The highest BCUT2D eigenvalue weighted by atomic mass is 16.5. The molecule has 0 saturated carbocycles. The maximum Gasteiger partial charge on any atom is 0.293 e. The maximum atomic E-state index is 9.76. The van der Waals surface area contributed by atoms with Gasteiger partial charge in [0.1, 0.15) is 0 Å². The molecule has 0 aliphatic heterocycles. The lowest BCUT2D eigenvalue weighted by atomic mass is 10.2. The Hall–Kier alpha value is -1.52. The van der Waals surface area contributed by atoms with Crippen molar-refractivity contribution in [2.45, 2.75) is 12.8 Å². The van der Waals surface area contributed by atoms with Crippen LogP contribution in [-0.4, -0.2) is 28.5 Å². The van der Waals surface area contributed by atoms with E-state index in [9.17, 15) is 4.79 Å². The van der Waals surface area contributed by atoms with Crippen LogP contribution in [0.2, 0.25) is 0 Å². The normalized spacial score (nSPS) is 9.33. The fraction of sp³-hybridized carbons (Fsp3) is 0.429.